The Hall–Kier alpha value is -3.19. The first-order chi connectivity index (χ1) is 14.9. The molecule has 0 saturated heterocycles. The van der Waals surface area contributed by atoms with E-state index in [1.165, 1.54) is 19.2 Å². The van der Waals surface area contributed by atoms with Crippen molar-refractivity contribution < 1.29 is 23.1 Å². The molecule has 0 amide bonds. The van der Waals surface area contributed by atoms with Crippen molar-refractivity contribution in [3.8, 4) is 5.75 Å². The molecule has 1 aliphatic rings. The zero-order valence-electron chi connectivity index (χ0n) is 17.8. The molecule has 0 aliphatic carbocycles. The number of nitrogens with zero attached hydrogens (tertiary/aromatic N) is 1. The number of fused-ring (bicyclic) bond motifs is 2. The van der Waals surface area contributed by atoms with Gasteiger partial charge in [-0.3, -0.25) is 9.69 Å². The van der Waals surface area contributed by atoms with E-state index >= 15 is 0 Å². The van der Waals surface area contributed by atoms with Crippen LogP contribution in [-0.2, 0) is 28.9 Å². The number of carbonyl (C=O) groups is 1. The molecule has 1 aromatic heterocycles. The zero-order chi connectivity index (χ0) is 22.1. The van der Waals surface area contributed by atoms with E-state index in [0.717, 1.165) is 40.8 Å². The Kier molecular flexibility index (Phi) is 5.78. The summed E-state index contributed by atoms with van der Waals surface area (Å²) in [4.78, 5) is 26.4. The SMILES string of the molecule is COC(=O)Cc1c(C)c2cc3c(c(C)c2oc1=O)OCN(CCc1ccc(F)cc1)C3. The number of methoxy groups -OCH3 is 1. The molecular weight excluding hydrogens is 401 g/mol. The molecule has 162 valence electrons. The van der Waals surface area contributed by atoms with Crippen LogP contribution in [0, 0.1) is 19.7 Å². The Morgan fingerprint density at radius 2 is 1.94 bits per heavy atom. The van der Waals surface area contributed by atoms with Gasteiger partial charge in [0, 0.05) is 29.6 Å². The normalized spacial score (nSPS) is 13.7. The van der Waals surface area contributed by atoms with Crippen molar-refractivity contribution in [3.05, 3.63) is 74.4 Å². The van der Waals surface area contributed by atoms with Crippen molar-refractivity contribution in [3.63, 3.8) is 0 Å². The van der Waals surface area contributed by atoms with Crippen molar-refractivity contribution in [2.24, 2.45) is 0 Å². The molecule has 1 aliphatic heterocycles. The lowest BCUT2D eigenvalue weighted by Gasteiger charge is -2.30. The topological polar surface area (TPSA) is 69.0 Å². The monoisotopic (exact) mass is 425 g/mol. The van der Waals surface area contributed by atoms with Crippen molar-refractivity contribution in [1.82, 2.24) is 4.90 Å². The van der Waals surface area contributed by atoms with Crippen molar-refractivity contribution >= 4 is 16.9 Å². The number of esters is 1. The summed E-state index contributed by atoms with van der Waals surface area (Å²) in [5.41, 5.74) is 3.80. The third-order valence-corrected chi connectivity index (χ3v) is 5.80. The van der Waals surface area contributed by atoms with Gasteiger partial charge in [0.25, 0.3) is 0 Å². The lowest BCUT2D eigenvalue weighted by Crippen LogP contribution is -2.34. The van der Waals surface area contributed by atoms with Crippen LogP contribution in [0.25, 0.3) is 11.0 Å². The summed E-state index contributed by atoms with van der Waals surface area (Å²) in [6, 6.07) is 8.49. The summed E-state index contributed by atoms with van der Waals surface area (Å²) in [6.45, 7) is 5.55. The number of rotatable bonds is 5. The maximum atomic E-state index is 13.1. The second kappa shape index (κ2) is 8.51. The van der Waals surface area contributed by atoms with E-state index in [1.54, 1.807) is 12.1 Å². The van der Waals surface area contributed by atoms with E-state index in [4.69, 9.17) is 13.9 Å². The first-order valence-electron chi connectivity index (χ1n) is 10.1. The molecule has 0 N–H and O–H groups in total. The second-order valence-corrected chi connectivity index (χ2v) is 7.81. The van der Waals surface area contributed by atoms with Gasteiger partial charge in [0.2, 0.25) is 0 Å². The van der Waals surface area contributed by atoms with Crippen LogP contribution in [0.4, 0.5) is 4.39 Å². The van der Waals surface area contributed by atoms with Crippen molar-refractivity contribution in [1.29, 1.82) is 0 Å². The molecule has 0 bridgehead atoms. The van der Waals surface area contributed by atoms with Crippen molar-refractivity contribution in [2.75, 3.05) is 20.4 Å². The van der Waals surface area contributed by atoms with Crippen LogP contribution < -0.4 is 10.4 Å². The molecule has 0 unspecified atom stereocenters. The average molecular weight is 425 g/mol. The lowest BCUT2D eigenvalue weighted by atomic mass is 9.97. The highest BCUT2D eigenvalue weighted by atomic mass is 19.1. The second-order valence-electron chi connectivity index (χ2n) is 7.81. The number of carbonyl (C=O) groups excluding carboxylic acids is 1. The van der Waals surface area contributed by atoms with Crippen molar-refractivity contribution in [2.45, 2.75) is 33.2 Å². The highest BCUT2D eigenvalue weighted by molar-refractivity contribution is 5.88. The van der Waals surface area contributed by atoms with Crippen LogP contribution in [0.2, 0.25) is 0 Å². The Morgan fingerprint density at radius 3 is 2.65 bits per heavy atom. The van der Waals surface area contributed by atoms with Gasteiger partial charge in [-0.2, -0.15) is 0 Å². The van der Waals surface area contributed by atoms with Gasteiger partial charge in [-0.05, 0) is 49.6 Å². The van der Waals surface area contributed by atoms with Gasteiger partial charge in [0.05, 0.1) is 19.1 Å². The zero-order valence-corrected chi connectivity index (χ0v) is 17.8. The maximum absolute atomic E-state index is 13.1. The van der Waals surface area contributed by atoms with E-state index in [0.29, 0.717) is 30.0 Å². The molecule has 0 fully saturated rings. The predicted octanol–water partition coefficient (Wildman–Crippen LogP) is 3.66. The van der Waals surface area contributed by atoms with Gasteiger partial charge < -0.3 is 13.9 Å². The van der Waals surface area contributed by atoms with Crippen LogP contribution in [0.1, 0.15) is 27.8 Å². The average Bonchev–Trinajstić information content (AvgIpc) is 2.77. The van der Waals surface area contributed by atoms with Crippen LogP contribution in [0.5, 0.6) is 5.75 Å². The number of ether oxygens (including phenoxy) is 2. The van der Waals surface area contributed by atoms with E-state index in [-0.39, 0.29) is 12.2 Å². The maximum Gasteiger partial charge on any atom is 0.340 e. The highest BCUT2D eigenvalue weighted by Gasteiger charge is 2.24. The molecule has 0 spiro atoms. The minimum absolute atomic E-state index is 0.128. The van der Waals surface area contributed by atoms with Crippen LogP contribution in [0.3, 0.4) is 0 Å². The fourth-order valence-corrected chi connectivity index (χ4v) is 4.00. The molecule has 4 rings (SSSR count). The first kappa shape index (κ1) is 21.1. The van der Waals surface area contributed by atoms with Gasteiger partial charge in [-0.25, -0.2) is 9.18 Å². The van der Waals surface area contributed by atoms with E-state index in [9.17, 15) is 14.0 Å². The third kappa shape index (κ3) is 4.18. The van der Waals surface area contributed by atoms with E-state index in [1.807, 2.05) is 19.9 Å². The molecular formula is C24H24FNO5. The molecule has 0 saturated carbocycles. The van der Waals surface area contributed by atoms with Gasteiger partial charge in [-0.15, -0.1) is 0 Å². The van der Waals surface area contributed by atoms with E-state index < -0.39 is 11.6 Å². The Bertz CT molecular complexity index is 1200. The minimum atomic E-state index is -0.532. The smallest absolute Gasteiger partial charge is 0.340 e. The summed E-state index contributed by atoms with van der Waals surface area (Å²) < 4.78 is 29.4. The fraction of sp³-hybridized carbons (Fsp3) is 0.333. The fourth-order valence-electron chi connectivity index (χ4n) is 4.00. The Balaban J connectivity index is 1.63. The van der Waals surface area contributed by atoms with Gasteiger partial charge >= 0.3 is 11.6 Å². The molecule has 31 heavy (non-hydrogen) atoms. The van der Waals surface area contributed by atoms with Gasteiger partial charge in [0.1, 0.15) is 23.9 Å². The summed E-state index contributed by atoms with van der Waals surface area (Å²) in [5.74, 6) is 0.00320. The Morgan fingerprint density at radius 1 is 1.19 bits per heavy atom. The summed E-state index contributed by atoms with van der Waals surface area (Å²) in [5, 5.41) is 0.790. The van der Waals surface area contributed by atoms with Crippen LogP contribution in [0.15, 0.2) is 39.5 Å². The Labute approximate surface area is 179 Å². The highest BCUT2D eigenvalue weighted by Crippen LogP contribution is 2.36. The molecule has 6 nitrogen and oxygen atoms in total. The van der Waals surface area contributed by atoms with E-state index in [2.05, 4.69) is 4.90 Å². The first-order valence-corrected chi connectivity index (χ1v) is 10.1. The largest absolute Gasteiger partial charge is 0.477 e. The lowest BCUT2D eigenvalue weighted by molar-refractivity contribution is -0.139. The molecule has 2 heterocycles. The number of hydrogen-bond donors (Lipinski definition) is 0. The molecule has 7 heteroatoms. The number of hydrogen-bond acceptors (Lipinski definition) is 6. The molecule has 0 radical (unpaired) electrons. The summed E-state index contributed by atoms with van der Waals surface area (Å²) in [6.07, 6.45) is 0.653. The summed E-state index contributed by atoms with van der Waals surface area (Å²) >= 11 is 0. The molecule has 2 aromatic carbocycles. The van der Waals surface area contributed by atoms with Crippen LogP contribution in [-0.4, -0.2) is 31.3 Å². The van der Waals surface area contributed by atoms with Crippen LogP contribution >= 0.6 is 0 Å². The quantitative estimate of drug-likeness (QED) is 0.459. The third-order valence-electron chi connectivity index (χ3n) is 5.80. The summed E-state index contributed by atoms with van der Waals surface area (Å²) in [7, 11) is 1.29. The van der Waals surface area contributed by atoms with Gasteiger partial charge in [-0.1, -0.05) is 12.1 Å². The minimum Gasteiger partial charge on any atom is -0.477 e. The standard InChI is InChI=1S/C24H24FNO5/c1-14-19-10-17-12-26(9-8-16-4-6-18(25)7-5-16)13-30-22(17)15(2)23(19)31-24(28)20(14)11-21(27)29-3/h4-7,10H,8-9,11-13H2,1-3H3. The number of benzene rings is 2. The number of aryl methyl sites for hydroxylation is 2. The molecule has 0 atom stereocenters. The van der Waals surface area contributed by atoms with Gasteiger partial charge in [0.15, 0.2) is 0 Å². The number of halogens is 1. The predicted molar refractivity (Wildman–Crippen MR) is 114 cm³/mol. The molecule has 3 aromatic rings.